The molecule has 25 heavy (non-hydrogen) atoms. The van der Waals surface area contributed by atoms with Gasteiger partial charge in [0.15, 0.2) is 0 Å². The van der Waals surface area contributed by atoms with Crippen molar-refractivity contribution in [2.24, 2.45) is 5.73 Å². The molecule has 2 rings (SSSR count). The lowest BCUT2D eigenvalue weighted by molar-refractivity contribution is -0.126. The van der Waals surface area contributed by atoms with Gasteiger partial charge in [0.1, 0.15) is 0 Å². The highest BCUT2D eigenvalue weighted by atomic mass is 35.5. The van der Waals surface area contributed by atoms with E-state index in [4.69, 9.17) is 5.73 Å². The number of carbonyl (C=O) groups excluding carboxylic acids is 1. The molecular weight excluding hydrogens is 334 g/mol. The number of nitrogens with one attached hydrogen (secondary N) is 1. The van der Waals surface area contributed by atoms with Crippen molar-refractivity contribution < 1.29 is 4.79 Å². The van der Waals surface area contributed by atoms with Crippen molar-refractivity contribution >= 4 is 18.3 Å². The van der Waals surface area contributed by atoms with Gasteiger partial charge in [0, 0.05) is 13.1 Å². The number of benzene rings is 1. The Kier molecular flexibility index (Phi) is 9.47. The van der Waals surface area contributed by atoms with Gasteiger partial charge in [-0.25, -0.2) is 0 Å². The van der Waals surface area contributed by atoms with E-state index in [1.807, 2.05) is 6.92 Å². The van der Waals surface area contributed by atoms with Crippen LogP contribution in [-0.2, 0) is 17.9 Å². The number of hydrogen-bond acceptors (Lipinski definition) is 3. The molecule has 0 bridgehead atoms. The molecule has 4 nitrogen and oxygen atoms in total. The van der Waals surface area contributed by atoms with E-state index in [1.54, 1.807) is 6.92 Å². The second-order valence-electron chi connectivity index (χ2n) is 7.36. The van der Waals surface area contributed by atoms with Crippen molar-refractivity contribution in [3.63, 3.8) is 0 Å². The number of likely N-dealkylation sites (tertiary alicyclic amines) is 1. The molecule has 1 fully saturated rings. The number of rotatable bonds is 7. The standard InChI is InChI=1S/C20H33N3O.ClH/c1-3-12-20(2,21)19(24)22-15-17-8-10-18(11-9-17)16-23-13-6-4-5-7-14-23;/h8-11H,3-7,12-16,21H2,1-2H3,(H,22,24);1H. The zero-order valence-electron chi connectivity index (χ0n) is 15.7. The number of halogens is 1. The van der Waals surface area contributed by atoms with Gasteiger partial charge in [-0.3, -0.25) is 9.69 Å². The van der Waals surface area contributed by atoms with E-state index in [2.05, 4.69) is 34.5 Å². The summed E-state index contributed by atoms with van der Waals surface area (Å²) in [6, 6.07) is 8.59. The van der Waals surface area contributed by atoms with Crippen LogP contribution in [0, 0.1) is 0 Å². The maximum Gasteiger partial charge on any atom is 0.240 e. The molecule has 3 N–H and O–H groups in total. The van der Waals surface area contributed by atoms with E-state index in [-0.39, 0.29) is 18.3 Å². The van der Waals surface area contributed by atoms with E-state index in [0.717, 1.165) is 18.5 Å². The predicted molar refractivity (Wildman–Crippen MR) is 107 cm³/mol. The Labute approximate surface area is 158 Å². The fourth-order valence-electron chi connectivity index (χ4n) is 3.33. The Balaban J connectivity index is 0.00000312. The van der Waals surface area contributed by atoms with E-state index < -0.39 is 5.54 Å². The predicted octanol–water partition coefficient (Wildman–Crippen LogP) is 3.62. The molecule has 1 aliphatic rings. The maximum absolute atomic E-state index is 12.1. The van der Waals surface area contributed by atoms with Crippen LogP contribution < -0.4 is 11.1 Å². The van der Waals surface area contributed by atoms with Crippen LogP contribution in [0.3, 0.4) is 0 Å². The van der Waals surface area contributed by atoms with Crippen molar-refractivity contribution in [1.82, 2.24) is 10.2 Å². The summed E-state index contributed by atoms with van der Waals surface area (Å²) >= 11 is 0. The Morgan fingerprint density at radius 1 is 1.12 bits per heavy atom. The minimum Gasteiger partial charge on any atom is -0.350 e. The number of carbonyl (C=O) groups is 1. The highest BCUT2D eigenvalue weighted by molar-refractivity contribution is 5.85. The summed E-state index contributed by atoms with van der Waals surface area (Å²) in [5.74, 6) is -0.0713. The number of hydrogen-bond donors (Lipinski definition) is 2. The molecule has 1 aromatic carbocycles. The summed E-state index contributed by atoms with van der Waals surface area (Å²) in [5, 5.41) is 2.96. The normalized spacial score (nSPS) is 17.9. The van der Waals surface area contributed by atoms with Crippen molar-refractivity contribution in [1.29, 1.82) is 0 Å². The molecule has 0 radical (unpaired) electrons. The van der Waals surface area contributed by atoms with Gasteiger partial charge in [-0.2, -0.15) is 0 Å². The molecule has 1 aromatic rings. The molecule has 0 aliphatic carbocycles. The summed E-state index contributed by atoms with van der Waals surface area (Å²) in [6.07, 6.45) is 6.99. The van der Waals surface area contributed by atoms with Gasteiger partial charge in [-0.1, -0.05) is 50.5 Å². The molecule has 5 heteroatoms. The zero-order chi connectivity index (χ0) is 17.4. The van der Waals surface area contributed by atoms with E-state index in [0.29, 0.717) is 13.0 Å². The van der Waals surface area contributed by atoms with Crippen molar-refractivity contribution in [3.05, 3.63) is 35.4 Å². The minimum atomic E-state index is -0.776. The quantitative estimate of drug-likeness (QED) is 0.773. The van der Waals surface area contributed by atoms with Gasteiger partial charge in [0.25, 0.3) is 0 Å². The summed E-state index contributed by atoms with van der Waals surface area (Å²) in [7, 11) is 0. The lowest BCUT2D eigenvalue weighted by Gasteiger charge is -2.23. The van der Waals surface area contributed by atoms with Crippen LogP contribution in [0.5, 0.6) is 0 Å². The molecule has 1 heterocycles. The van der Waals surface area contributed by atoms with Crippen LogP contribution in [0.25, 0.3) is 0 Å². The summed E-state index contributed by atoms with van der Waals surface area (Å²) < 4.78 is 0. The molecule has 0 saturated carbocycles. The van der Waals surface area contributed by atoms with E-state index in [9.17, 15) is 4.79 Å². The fraction of sp³-hybridized carbons (Fsp3) is 0.650. The topological polar surface area (TPSA) is 58.4 Å². The minimum absolute atomic E-state index is 0. The summed E-state index contributed by atoms with van der Waals surface area (Å²) in [6.45, 7) is 7.84. The first-order valence-corrected chi connectivity index (χ1v) is 9.38. The third-order valence-electron chi connectivity index (χ3n) is 4.87. The Morgan fingerprint density at radius 3 is 2.24 bits per heavy atom. The van der Waals surface area contributed by atoms with Crippen LogP contribution >= 0.6 is 12.4 Å². The third kappa shape index (κ3) is 7.35. The monoisotopic (exact) mass is 367 g/mol. The zero-order valence-corrected chi connectivity index (χ0v) is 16.5. The largest absolute Gasteiger partial charge is 0.350 e. The van der Waals surface area contributed by atoms with Gasteiger partial charge in [-0.05, 0) is 50.4 Å². The Bertz CT molecular complexity index is 508. The van der Waals surface area contributed by atoms with E-state index in [1.165, 1.54) is 44.3 Å². The van der Waals surface area contributed by atoms with Crippen molar-refractivity contribution in [3.8, 4) is 0 Å². The molecule has 1 amide bonds. The highest BCUT2D eigenvalue weighted by Crippen LogP contribution is 2.14. The van der Waals surface area contributed by atoms with Crippen LogP contribution in [-0.4, -0.2) is 29.4 Å². The van der Waals surface area contributed by atoms with Gasteiger partial charge in [0.2, 0.25) is 5.91 Å². The molecule has 0 aromatic heterocycles. The van der Waals surface area contributed by atoms with Crippen LogP contribution in [0.15, 0.2) is 24.3 Å². The lowest BCUT2D eigenvalue weighted by atomic mass is 9.96. The van der Waals surface area contributed by atoms with Gasteiger partial charge in [0.05, 0.1) is 5.54 Å². The average Bonchev–Trinajstić information content (AvgIpc) is 2.82. The average molecular weight is 368 g/mol. The van der Waals surface area contributed by atoms with Crippen LogP contribution in [0.1, 0.15) is 63.5 Å². The Morgan fingerprint density at radius 2 is 1.68 bits per heavy atom. The first-order valence-electron chi connectivity index (χ1n) is 9.38. The second-order valence-corrected chi connectivity index (χ2v) is 7.36. The maximum atomic E-state index is 12.1. The number of nitrogens with zero attached hydrogens (tertiary/aromatic N) is 1. The fourth-order valence-corrected chi connectivity index (χ4v) is 3.33. The first-order chi connectivity index (χ1) is 11.5. The molecule has 1 atom stereocenters. The molecule has 142 valence electrons. The molecule has 1 unspecified atom stereocenters. The number of nitrogens with two attached hydrogens (primary N) is 1. The Hall–Kier alpha value is -1.10. The first kappa shape index (κ1) is 21.9. The van der Waals surface area contributed by atoms with Crippen molar-refractivity contribution in [2.75, 3.05) is 13.1 Å². The number of amides is 1. The summed E-state index contributed by atoms with van der Waals surface area (Å²) in [5.41, 5.74) is 7.75. The summed E-state index contributed by atoms with van der Waals surface area (Å²) in [4.78, 5) is 14.7. The van der Waals surface area contributed by atoms with Gasteiger partial charge < -0.3 is 11.1 Å². The second kappa shape index (κ2) is 10.8. The SMILES string of the molecule is CCCC(C)(N)C(=O)NCc1ccc(CN2CCCCCC2)cc1.Cl. The van der Waals surface area contributed by atoms with Gasteiger partial charge in [-0.15, -0.1) is 12.4 Å². The van der Waals surface area contributed by atoms with E-state index >= 15 is 0 Å². The lowest BCUT2D eigenvalue weighted by Crippen LogP contribution is -2.51. The smallest absolute Gasteiger partial charge is 0.240 e. The van der Waals surface area contributed by atoms with Crippen LogP contribution in [0.2, 0.25) is 0 Å². The molecular formula is C20H34ClN3O. The van der Waals surface area contributed by atoms with Gasteiger partial charge >= 0.3 is 0 Å². The van der Waals surface area contributed by atoms with Crippen molar-refractivity contribution in [2.45, 2.75) is 71.0 Å². The molecule has 1 saturated heterocycles. The third-order valence-corrected chi connectivity index (χ3v) is 4.87. The molecule has 1 aliphatic heterocycles. The molecule has 0 spiro atoms. The highest BCUT2D eigenvalue weighted by Gasteiger charge is 2.26. The van der Waals surface area contributed by atoms with Crippen LogP contribution in [0.4, 0.5) is 0 Å².